The van der Waals surface area contributed by atoms with Crippen LogP contribution in [0.4, 0.5) is 0 Å². The number of fused-ring (bicyclic) bond motifs is 1. The molecule has 3 nitrogen and oxygen atoms in total. The van der Waals surface area contributed by atoms with Crippen LogP contribution in [-0.2, 0) is 0 Å². The van der Waals surface area contributed by atoms with E-state index in [0.29, 0.717) is 5.92 Å². The predicted molar refractivity (Wildman–Crippen MR) is 66.5 cm³/mol. The second-order valence-electron chi connectivity index (χ2n) is 4.84. The van der Waals surface area contributed by atoms with Gasteiger partial charge in [0, 0.05) is 11.6 Å². The molecule has 0 amide bonds. The highest BCUT2D eigenvalue weighted by molar-refractivity contribution is 5.77. The van der Waals surface area contributed by atoms with Gasteiger partial charge in [0.05, 0.1) is 5.69 Å². The summed E-state index contributed by atoms with van der Waals surface area (Å²) in [7, 11) is 0. The van der Waals surface area contributed by atoms with Crippen LogP contribution in [0.2, 0.25) is 0 Å². The van der Waals surface area contributed by atoms with Gasteiger partial charge in [0.15, 0.2) is 6.29 Å². The summed E-state index contributed by atoms with van der Waals surface area (Å²) >= 11 is 0. The van der Waals surface area contributed by atoms with Gasteiger partial charge in [-0.15, -0.1) is 0 Å². The highest BCUT2D eigenvalue weighted by atomic mass is 16.1. The van der Waals surface area contributed by atoms with Crippen LogP contribution in [0.25, 0.3) is 5.65 Å². The number of aldehydes is 1. The first-order valence-corrected chi connectivity index (χ1v) is 6.24. The lowest BCUT2D eigenvalue weighted by Crippen LogP contribution is -2.01. The van der Waals surface area contributed by atoms with Gasteiger partial charge in [-0.05, 0) is 31.9 Å². The number of hydrogen-bond acceptors (Lipinski definition) is 2. The molecule has 1 saturated carbocycles. The Bertz CT molecular complexity index is 565. The van der Waals surface area contributed by atoms with Crippen molar-refractivity contribution in [3.63, 3.8) is 0 Å². The van der Waals surface area contributed by atoms with Crippen molar-refractivity contribution in [1.82, 2.24) is 9.38 Å². The molecular weight excluding hydrogens is 212 g/mol. The van der Waals surface area contributed by atoms with Crippen molar-refractivity contribution < 1.29 is 4.79 Å². The molecule has 0 unspecified atom stereocenters. The molecule has 0 saturated heterocycles. The topological polar surface area (TPSA) is 34.4 Å². The second-order valence-corrected chi connectivity index (χ2v) is 4.84. The van der Waals surface area contributed by atoms with E-state index < -0.39 is 0 Å². The lowest BCUT2D eigenvalue weighted by molar-refractivity contribution is 0.111. The van der Waals surface area contributed by atoms with Gasteiger partial charge in [0.2, 0.25) is 0 Å². The number of hydrogen-bond donors (Lipinski definition) is 0. The molecule has 3 heteroatoms. The van der Waals surface area contributed by atoms with E-state index in [0.717, 1.165) is 29.0 Å². The number of rotatable bonds is 2. The van der Waals surface area contributed by atoms with Gasteiger partial charge in [-0.25, -0.2) is 4.98 Å². The van der Waals surface area contributed by atoms with E-state index in [1.54, 1.807) is 0 Å². The maximum Gasteiger partial charge on any atom is 0.168 e. The maximum absolute atomic E-state index is 11.4. The number of carbonyl (C=O) groups excluding carboxylic acids is 1. The number of carbonyl (C=O) groups is 1. The molecule has 0 N–H and O–H groups in total. The predicted octanol–water partition coefficient (Wildman–Crippen LogP) is 3.11. The van der Waals surface area contributed by atoms with E-state index in [-0.39, 0.29) is 0 Å². The van der Waals surface area contributed by atoms with Crippen LogP contribution < -0.4 is 0 Å². The highest BCUT2D eigenvalue weighted by Crippen LogP contribution is 2.35. The summed E-state index contributed by atoms with van der Waals surface area (Å²) in [6.45, 7) is 2.01. The summed E-state index contributed by atoms with van der Waals surface area (Å²) in [6.07, 6.45) is 5.82. The Morgan fingerprint density at radius 1 is 1.35 bits per heavy atom. The van der Waals surface area contributed by atoms with Gasteiger partial charge < -0.3 is 0 Å². The molecule has 2 aromatic heterocycles. The van der Waals surface area contributed by atoms with Crippen molar-refractivity contribution in [2.45, 2.75) is 38.5 Å². The van der Waals surface area contributed by atoms with Gasteiger partial charge >= 0.3 is 0 Å². The number of imidazole rings is 1. The Morgan fingerprint density at radius 3 is 2.82 bits per heavy atom. The molecule has 88 valence electrons. The van der Waals surface area contributed by atoms with Gasteiger partial charge in [-0.1, -0.05) is 18.9 Å². The van der Waals surface area contributed by atoms with Crippen LogP contribution in [0.1, 0.15) is 53.5 Å². The minimum Gasteiger partial charge on any atom is -0.296 e. The fourth-order valence-corrected chi connectivity index (χ4v) is 2.91. The molecule has 0 bridgehead atoms. The molecule has 0 spiro atoms. The summed E-state index contributed by atoms with van der Waals surface area (Å²) < 4.78 is 1.97. The third-order valence-electron chi connectivity index (χ3n) is 3.76. The summed E-state index contributed by atoms with van der Waals surface area (Å²) in [4.78, 5) is 16.0. The van der Waals surface area contributed by atoms with Crippen molar-refractivity contribution in [1.29, 1.82) is 0 Å². The molecule has 1 fully saturated rings. The van der Waals surface area contributed by atoms with Crippen LogP contribution in [0, 0.1) is 6.92 Å². The zero-order valence-electron chi connectivity index (χ0n) is 10.0. The molecule has 3 rings (SSSR count). The average molecular weight is 228 g/mol. The summed E-state index contributed by atoms with van der Waals surface area (Å²) in [5.41, 5.74) is 3.73. The van der Waals surface area contributed by atoms with Crippen molar-refractivity contribution in [2.24, 2.45) is 0 Å². The van der Waals surface area contributed by atoms with Crippen LogP contribution >= 0.6 is 0 Å². The first kappa shape index (κ1) is 10.5. The van der Waals surface area contributed by atoms with Crippen LogP contribution in [0.3, 0.4) is 0 Å². The van der Waals surface area contributed by atoms with Crippen molar-refractivity contribution >= 4 is 11.9 Å². The third-order valence-corrected chi connectivity index (χ3v) is 3.76. The Labute approximate surface area is 100 Å². The fraction of sp³-hybridized carbons (Fsp3) is 0.429. The molecule has 2 aromatic rings. The van der Waals surface area contributed by atoms with E-state index in [1.165, 1.54) is 25.7 Å². The van der Waals surface area contributed by atoms with Crippen LogP contribution in [-0.4, -0.2) is 15.7 Å². The molecule has 0 atom stereocenters. The number of aryl methyl sites for hydroxylation is 1. The van der Waals surface area contributed by atoms with Gasteiger partial charge in [0.25, 0.3) is 0 Å². The first-order valence-electron chi connectivity index (χ1n) is 6.24. The maximum atomic E-state index is 11.4. The molecule has 0 radical (unpaired) electrons. The molecule has 0 aliphatic heterocycles. The Balaban J connectivity index is 2.24. The van der Waals surface area contributed by atoms with E-state index in [2.05, 4.69) is 4.98 Å². The zero-order valence-corrected chi connectivity index (χ0v) is 10.0. The van der Waals surface area contributed by atoms with Crippen molar-refractivity contribution in [2.75, 3.05) is 0 Å². The zero-order chi connectivity index (χ0) is 11.8. The van der Waals surface area contributed by atoms with Crippen molar-refractivity contribution in [3.8, 4) is 0 Å². The molecule has 1 aliphatic carbocycles. The second kappa shape index (κ2) is 3.99. The first-order chi connectivity index (χ1) is 8.31. The van der Waals surface area contributed by atoms with E-state index in [1.807, 2.05) is 29.5 Å². The molecule has 0 aromatic carbocycles. The van der Waals surface area contributed by atoms with E-state index >= 15 is 0 Å². The molecule has 17 heavy (non-hydrogen) atoms. The minimum absolute atomic E-state index is 0.481. The lowest BCUT2D eigenvalue weighted by atomic mass is 10.0. The van der Waals surface area contributed by atoms with Gasteiger partial charge in [-0.2, -0.15) is 0 Å². The van der Waals surface area contributed by atoms with Gasteiger partial charge in [-0.3, -0.25) is 9.20 Å². The minimum atomic E-state index is 0.481. The summed E-state index contributed by atoms with van der Waals surface area (Å²) in [6, 6.07) is 5.98. The largest absolute Gasteiger partial charge is 0.296 e. The standard InChI is InChI=1S/C14H16N2O/c1-10-5-4-8-13-15-14(11-6-2-3-7-11)12(9-17)16(10)13/h4-5,8-9,11H,2-3,6-7H2,1H3. The SMILES string of the molecule is Cc1cccc2nc(C3CCCC3)c(C=O)n12. The molecule has 1 aliphatic rings. The Kier molecular flexibility index (Phi) is 2.46. The molecular formula is C14H16N2O. The monoisotopic (exact) mass is 228 g/mol. The quantitative estimate of drug-likeness (QED) is 0.740. The fourth-order valence-electron chi connectivity index (χ4n) is 2.91. The van der Waals surface area contributed by atoms with Gasteiger partial charge in [0.1, 0.15) is 11.3 Å². The average Bonchev–Trinajstić information content (AvgIpc) is 2.95. The van der Waals surface area contributed by atoms with Crippen LogP contribution in [0.15, 0.2) is 18.2 Å². The summed E-state index contributed by atoms with van der Waals surface area (Å²) in [5.74, 6) is 0.481. The lowest BCUT2D eigenvalue weighted by Gasteiger charge is -2.06. The summed E-state index contributed by atoms with van der Waals surface area (Å²) in [5, 5.41) is 0. The van der Waals surface area contributed by atoms with E-state index in [4.69, 9.17) is 0 Å². The van der Waals surface area contributed by atoms with Crippen LogP contribution in [0.5, 0.6) is 0 Å². The molecule has 2 heterocycles. The number of nitrogens with zero attached hydrogens (tertiary/aromatic N) is 2. The Hall–Kier alpha value is -1.64. The Morgan fingerprint density at radius 2 is 2.12 bits per heavy atom. The van der Waals surface area contributed by atoms with E-state index in [9.17, 15) is 4.79 Å². The number of pyridine rings is 1. The highest BCUT2D eigenvalue weighted by Gasteiger charge is 2.24. The van der Waals surface area contributed by atoms with Crippen molar-refractivity contribution in [3.05, 3.63) is 35.3 Å². The third kappa shape index (κ3) is 1.57. The normalized spacial score (nSPS) is 16.8. The smallest absolute Gasteiger partial charge is 0.168 e. The number of aromatic nitrogens is 2.